The number of methoxy groups -OCH3 is 1. The number of amides is 1. The molecule has 0 spiro atoms. The molecular formula is C21H23N3O2. The average molecular weight is 349 g/mol. The van der Waals surface area contributed by atoms with Crippen molar-refractivity contribution in [3.63, 3.8) is 0 Å². The number of benzene rings is 2. The molecule has 2 aromatic carbocycles. The summed E-state index contributed by atoms with van der Waals surface area (Å²) in [7, 11) is 1.66. The SMILES string of the molecule is COCCCNC(=O)c1cn(Cc2ccccc2)nc1-c1ccccc1. The van der Waals surface area contributed by atoms with Crippen molar-refractivity contribution in [3.8, 4) is 11.3 Å². The largest absolute Gasteiger partial charge is 0.385 e. The Labute approximate surface area is 153 Å². The molecule has 134 valence electrons. The average Bonchev–Trinajstić information content (AvgIpc) is 3.10. The molecule has 0 bridgehead atoms. The number of ether oxygens (including phenoxy) is 1. The van der Waals surface area contributed by atoms with Crippen LogP contribution in [0, 0.1) is 0 Å². The Bertz CT molecular complexity index is 829. The Kier molecular flexibility index (Phi) is 6.17. The summed E-state index contributed by atoms with van der Waals surface area (Å²) in [5.41, 5.74) is 3.36. The molecule has 0 saturated carbocycles. The van der Waals surface area contributed by atoms with Gasteiger partial charge in [-0.15, -0.1) is 0 Å². The molecule has 1 aromatic heterocycles. The molecule has 1 heterocycles. The summed E-state index contributed by atoms with van der Waals surface area (Å²) in [6, 6.07) is 19.9. The van der Waals surface area contributed by atoms with Gasteiger partial charge in [-0.05, 0) is 12.0 Å². The maximum atomic E-state index is 12.7. The fourth-order valence-corrected chi connectivity index (χ4v) is 2.76. The van der Waals surface area contributed by atoms with Gasteiger partial charge in [0.25, 0.3) is 5.91 Å². The Balaban J connectivity index is 1.84. The second-order valence-electron chi connectivity index (χ2n) is 6.04. The highest BCUT2D eigenvalue weighted by atomic mass is 16.5. The van der Waals surface area contributed by atoms with Gasteiger partial charge < -0.3 is 10.1 Å². The van der Waals surface area contributed by atoms with Gasteiger partial charge >= 0.3 is 0 Å². The molecule has 5 heteroatoms. The van der Waals surface area contributed by atoms with E-state index in [1.807, 2.05) is 71.5 Å². The number of nitrogens with zero attached hydrogens (tertiary/aromatic N) is 2. The number of hydrogen-bond acceptors (Lipinski definition) is 3. The first-order chi connectivity index (χ1) is 12.8. The first-order valence-corrected chi connectivity index (χ1v) is 8.72. The van der Waals surface area contributed by atoms with Crippen LogP contribution >= 0.6 is 0 Å². The Morgan fingerprint density at radius 1 is 1.08 bits per heavy atom. The summed E-state index contributed by atoms with van der Waals surface area (Å²) < 4.78 is 6.85. The van der Waals surface area contributed by atoms with E-state index >= 15 is 0 Å². The third-order valence-corrected chi connectivity index (χ3v) is 4.05. The minimum absolute atomic E-state index is 0.112. The summed E-state index contributed by atoms with van der Waals surface area (Å²) in [5, 5.41) is 7.62. The summed E-state index contributed by atoms with van der Waals surface area (Å²) in [6.07, 6.45) is 2.60. The van der Waals surface area contributed by atoms with E-state index in [0.29, 0.717) is 31.0 Å². The van der Waals surface area contributed by atoms with Gasteiger partial charge in [0.1, 0.15) is 5.69 Å². The number of hydrogen-bond donors (Lipinski definition) is 1. The summed E-state index contributed by atoms with van der Waals surface area (Å²) in [5.74, 6) is -0.112. The maximum absolute atomic E-state index is 12.7. The molecule has 0 fully saturated rings. The van der Waals surface area contributed by atoms with Gasteiger partial charge in [0.2, 0.25) is 0 Å². The lowest BCUT2D eigenvalue weighted by Crippen LogP contribution is -2.25. The van der Waals surface area contributed by atoms with E-state index in [0.717, 1.165) is 17.5 Å². The lowest BCUT2D eigenvalue weighted by molar-refractivity contribution is 0.0949. The number of nitrogens with one attached hydrogen (secondary N) is 1. The van der Waals surface area contributed by atoms with E-state index in [1.54, 1.807) is 7.11 Å². The number of aromatic nitrogens is 2. The van der Waals surface area contributed by atoms with Crippen LogP contribution in [0.4, 0.5) is 0 Å². The van der Waals surface area contributed by atoms with Crippen LogP contribution in [-0.4, -0.2) is 35.9 Å². The van der Waals surface area contributed by atoms with Gasteiger partial charge in [0.15, 0.2) is 0 Å². The fraction of sp³-hybridized carbons (Fsp3) is 0.238. The number of rotatable bonds is 8. The molecule has 26 heavy (non-hydrogen) atoms. The van der Waals surface area contributed by atoms with Crippen molar-refractivity contribution in [2.24, 2.45) is 0 Å². The van der Waals surface area contributed by atoms with Crippen LogP contribution in [0.5, 0.6) is 0 Å². The van der Waals surface area contributed by atoms with Gasteiger partial charge in [-0.3, -0.25) is 9.48 Å². The summed E-state index contributed by atoms with van der Waals surface area (Å²) >= 11 is 0. The molecule has 3 aromatic rings. The van der Waals surface area contributed by atoms with Gasteiger partial charge in [0.05, 0.1) is 12.1 Å². The van der Waals surface area contributed by atoms with Crippen molar-refractivity contribution < 1.29 is 9.53 Å². The van der Waals surface area contributed by atoms with Crippen molar-refractivity contribution in [3.05, 3.63) is 78.0 Å². The van der Waals surface area contributed by atoms with E-state index < -0.39 is 0 Å². The first kappa shape index (κ1) is 17.9. The predicted octanol–water partition coefficient (Wildman–Crippen LogP) is 3.36. The van der Waals surface area contributed by atoms with Crippen LogP contribution in [0.2, 0.25) is 0 Å². The summed E-state index contributed by atoms with van der Waals surface area (Å²) in [6.45, 7) is 1.82. The number of carbonyl (C=O) groups excluding carboxylic acids is 1. The third kappa shape index (κ3) is 4.58. The van der Waals surface area contributed by atoms with Gasteiger partial charge in [-0.1, -0.05) is 60.7 Å². The highest BCUT2D eigenvalue weighted by molar-refractivity contribution is 5.99. The van der Waals surface area contributed by atoms with Crippen molar-refractivity contribution in [2.75, 3.05) is 20.3 Å². The molecule has 0 aliphatic heterocycles. The molecule has 0 aliphatic rings. The van der Waals surface area contributed by atoms with Crippen LogP contribution in [0.1, 0.15) is 22.3 Å². The molecule has 1 N–H and O–H groups in total. The Morgan fingerprint density at radius 2 is 1.77 bits per heavy atom. The molecular weight excluding hydrogens is 326 g/mol. The lowest BCUT2D eigenvalue weighted by atomic mass is 10.1. The van der Waals surface area contributed by atoms with E-state index in [-0.39, 0.29) is 5.91 Å². The zero-order chi connectivity index (χ0) is 18.2. The standard InChI is InChI=1S/C21H23N3O2/c1-26-14-8-13-22-21(25)19-16-24(15-17-9-4-2-5-10-17)23-20(19)18-11-6-3-7-12-18/h2-7,9-12,16H,8,13-15H2,1H3,(H,22,25). The molecule has 0 aliphatic carbocycles. The highest BCUT2D eigenvalue weighted by Gasteiger charge is 2.17. The van der Waals surface area contributed by atoms with Gasteiger partial charge in [0, 0.05) is 32.0 Å². The topological polar surface area (TPSA) is 56.1 Å². The van der Waals surface area contributed by atoms with Gasteiger partial charge in [-0.25, -0.2) is 0 Å². The van der Waals surface area contributed by atoms with Crippen LogP contribution in [-0.2, 0) is 11.3 Å². The summed E-state index contributed by atoms with van der Waals surface area (Å²) in [4.78, 5) is 12.7. The highest BCUT2D eigenvalue weighted by Crippen LogP contribution is 2.22. The molecule has 0 radical (unpaired) electrons. The van der Waals surface area contributed by atoms with Crippen molar-refractivity contribution in [1.29, 1.82) is 0 Å². The molecule has 5 nitrogen and oxygen atoms in total. The monoisotopic (exact) mass is 349 g/mol. The van der Waals surface area contributed by atoms with Crippen molar-refractivity contribution in [1.82, 2.24) is 15.1 Å². The maximum Gasteiger partial charge on any atom is 0.255 e. The lowest BCUT2D eigenvalue weighted by Gasteiger charge is -2.05. The predicted molar refractivity (Wildman–Crippen MR) is 102 cm³/mol. The van der Waals surface area contributed by atoms with Crippen molar-refractivity contribution in [2.45, 2.75) is 13.0 Å². The van der Waals surface area contributed by atoms with E-state index in [2.05, 4.69) is 10.4 Å². The molecule has 3 rings (SSSR count). The van der Waals surface area contributed by atoms with E-state index in [9.17, 15) is 4.79 Å². The zero-order valence-corrected chi connectivity index (χ0v) is 14.9. The molecule has 1 amide bonds. The normalized spacial score (nSPS) is 10.7. The van der Waals surface area contributed by atoms with E-state index in [1.165, 1.54) is 0 Å². The van der Waals surface area contributed by atoms with Crippen LogP contribution in [0.15, 0.2) is 66.9 Å². The van der Waals surface area contributed by atoms with Gasteiger partial charge in [-0.2, -0.15) is 5.10 Å². The zero-order valence-electron chi connectivity index (χ0n) is 14.9. The quantitative estimate of drug-likeness (QED) is 0.635. The van der Waals surface area contributed by atoms with Crippen LogP contribution < -0.4 is 5.32 Å². The number of carbonyl (C=O) groups is 1. The molecule has 0 saturated heterocycles. The molecule has 0 atom stereocenters. The first-order valence-electron chi connectivity index (χ1n) is 8.72. The second-order valence-corrected chi connectivity index (χ2v) is 6.04. The van der Waals surface area contributed by atoms with Crippen LogP contribution in [0.3, 0.4) is 0 Å². The smallest absolute Gasteiger partial charge is 0.255 e. The minimum Gasteiger partial charge on any atom is -0.385 e. The van der Waals surface area contributed by atoms with E-state index in [4.69, 9.17) is 4.74 Å². The van der Waals surface area contributed by atoms with Crippen molar-refractivity contribution >= 4 is 5.91 Å². The Morgan fingerprint density at radius 3 is 2.46 bits per heavy atom. The third-order valence-electron chi connectivity index (χ3n) is 4.05. The Hall–Kier alpha value is -2.92. The fourth-order valence-electron chi connectivity index (χ4n) is 2.76. The molecule has 0 unspecified atom stereocenters. The van der Waals surface area contributed by atoms with Crippen LogP contribution in [0.25, 0.3) is 11.3 Å². The minimum atomic E-state index is -0.112. The second kappa shape index (κ2) is 8.97.